The van der Waals surface area contributed by atoms with E-state index in [2.05, 4.69) is 96.2 Å². The van der Waals surface area contributed by atoms with E-state index in [4.69, 9.17) is 9.47 Å². The summed E-state index contributed by atoms with van der Waals surface area (Å²) >= 11 is 0. The van der Waals surface area contributed by atoms with Gasteiger partial charge in [0.2, 0.25) is 0 Å². The molecule has 1 heterocycles. The molecule has 0 radical (unpaired) electrons. The third-order valence-corrected chi connectivity index (χ3v) is 9.16. The molecule has 49 heavy (non-hydrogen) atoms. The molecule has 2 amide bonds. The summed E-state index contributed by atoms with van der Waals surface area (Å²) in [5.41, 5.74) is 8.32. The first-order valence-electron chi connectivity index (χ1n) is 16.9. The molecule has 7 heteroatoms. The zero-order valence-corrected chi connectivity index (χ0v) is 28.2. The average Bonchev–Trinajstić information content (AvgIpc) is 3.15. The van der Waals surface area contributed by atoms with Crippen molar-refractivity contribution in [2.45, 2.75) is 51.7 Å². The van der Waals surface area contributed by atoms with Gasteiger partial charge in [-0.3, -0.25) is 4.90 Å². The zero-order chi connectivity index (χ0) is 34.0. The smallest absolute Gasteiger partial charge is 0.315 e. The Kier molecular flexibility index (Phi) is 11.5. The minimum absolute atomic E-state index is 0.00694. The minimum atomic E-state index is -0.548. The van der Waals surface area contributed by atoms with Crippen molar-refractivity contribution in [1.29, 1.82) is 0 Å². The number of benzene rings is 5. The number of aliphatic hydroxyl groups is 1. The van der Waals surface area contributed by atoms with Gasteiger partial charge in [0.05, 0.1) is 18.8 Å². The predicted molar refractivity (Wildman–Crippen MR) is 193 cm³/mol. The number of amides is 2. The highest BCUT2D eigenvalue weighted by Gasteiger charge is 2.38. The minimum Gasteiger partial charge on any atom is -0.392 e. The molecule has 0 aliphatic carbocycles. The summed E-state index contributed by atoms with van der Waals surface area (Å²) < 4.78 is 13.4. The Balaban J connectivity index is 1.16. The SMILES string of the molecule is CC1C(CN(C)Cc2ccccc2)OC(c2ccc(-c3ccccc3CNC(=O)NCc3ccccc3)cc2)OC1c1ccc(CO)cc1. The third kappa shape index (κ3) is 9.02. The Labute approximate surface area is 289 Å². The lowest BCUT2D eigenvalue weighted by Crippen LogP contribution is -2.43. The number of hydrogen-bond donors (Lipinski definition) is 3. The van der Waals surface area contributed by atoms with E-state index in [1.165, 1.54) is 5.56 Å². The first-order chi connectivity index (χ1) is 24.0. The van der Waals surface area contributed by atoms with Crippen molar-refractivity contribution in [3.8, 4) is 11.1 Å². The second-order valence-electron chi connectivity index (χ2n) is 12.8. The predicted octanol–water partition coefficient (Wildman–Crippen LogP) is 7.77. The molecule has 3 N–H and O–H groups in total. The van der Waals surface area contributed by atoms with E-state index in [1.54, 1.807) is 0 Å². The van der Waals surface area contributed by atoms with Gasteiger partial charge in [0.1, 0.15) is 0 Å². The number of nitrogens with zero attached hydrogens (tertiary/aromatic N) is 1. The van der Waals surface area contributed by atoms with Gasteiger partial charge in [-0.25, -0.2) is 4.79 Å². The van der Waals surface area contributed by atoms with E-state index < -0.39 is 6.29 Å². The lowest BCUT2D eigenvalue weighted by molar-refractivity contribution is -0.276. The fourth-order valence-corrected chi connectivity index (χ4v) is 6.39. The molecule has 1 aliphatic rings. The molecule has 0 bridgehead atoms. The van der Waals surface area contributed by atoms with Crippen molar-refractivity contribution in [2.24, 2.45) is 5.92 Å². The molecule has 0 spiro atoms. The number of hydrogen-bond acceptors (Lipinski definition) is 5. The normalized spacial score (nSPS) is 19.0. The van der Waals surface area contributed by atoms with Crippen molar-refractivity contribution in [3.05, 3.63) is 167 Å². The fraction of sp³-hybridized carbons (Fsp3) is 0.262. The Bertz CT molecular complexity index is 1760. The highest BCUT2D eigenvalue weighted by atomic mass is 16.7. The number of urea groups is 1. The largest absolute Gasteiger partial charge is 0.392 e. The van der Waals surface area contributed by atoms with Crippen molar-refractivity contribution in [2.75, 3.05) is 13.6 Å². The first-order valence-corrected chi connectivity index (χ1v) is 16.9. The van der Waals surface area contributed by atoms with Crippen LogP contribution in [0.2, 0.25) is 0 Å². The second-order valence-corrected chi connectivity index (χ2v) is 12.8. The summed E-state index contributed by atoms with van der Waals surface area (Å²) in [6, 6.07) is 44.6. The van der Waals surface area contributed by atoms with Crippen molar-refractivity contribution in [1.82, 2.24) is 15.5 Å². The van der Waals surface area contributed by atoms with Crippen LogP contribution >= 0.6 is 0 Å². The van der Waals surface area contributed by atoms with Gasteiger partial charge in [-0.15, -0.1) is 0 Å². The lowest BCUT2D eigenvalue weighted by atomic mass is 9.90. The van der Waals surface area contributed by atoms with Crippen molar-refractivity contribution in [3.63, 3.8) is 0 Å². The number of aliphatic hydroxyl groups excluding tert-OH is 1. The van der Waals surface area contributed by atoms with Crippen LogP contribution < -0.4 is 10.6 Å². The van der Waals surface area contributed by atoms with Gasteiger partial charge >= 0.3 is 6.03 Å². The molecule has 6 rings (SSSR count). The Morgan fingerprint density at radius 3 is 2.00 bits per heavy atom. The summed E-state index contributed by atoms with van der Waals surface area (Å²) in [5, 5.41) is 15.5. The van der Waals surface area contributed by atoms with Gasteiger partial charge in [-0.1, -0.05) is 140 Å². The van der Waals surface area contributed by atoms with Crippen LogP contribution in [0.25, 0.3) is 11.1 Å². The Morgan fingerprint density at radius 2 is 1.31 bits per heavy atom. The number of nitrogens with one attached hydrogen (secondary N) is 2. The first kappa shape index (κ1) is 34.1. The summed E-state index contributed by atoms with van der Waals surface area (Å²) in [5.74, 6) is 0.0954. The van der Waals surface area contributed by atoms with Crippen LogP contribution in [0.1, 0.15) is 52.7 Å². The molecule has 5 aromatic rings. The highest BCUT2D eigenvalue weighted by molar-refractivity contribution is 5.75. The topological polar surface area (TPSA) is 83.1 Å². The van der Waals surface area contributed by atoms with E-state index in [0.717, 1.165) is 52.0 Å². The van der Waals surface area contributed by atoms with Crippen LogP contribution in [0.5, 0.6) is 0 Å². The molecule has 1 aliphatic heterocycles. The molecular weight excluding hydrogens is 610 g/mol. The highest BCUT2D eigenvalue weighted by Crippen LogP contribution is 2.42. The van der Waals surface area contributed by atoms with Gasteiger partial charge in [0.25, 0.3) is 0 Å². The van der Waals surface area contributed by atoms with Gasteiger partial charge in [-0.2, -0.15) is 0 Å². The monoisotopic (exact) mass is 655 g/mol. The van der Waals surface area contributed by atoms with Gasteiger partial charge < -0.3 is 25.2 Å². The van der Waals surface area contributed by atoms with E-state index in [9.17, 15) is 9.90 Å². The number of rotatable bonds is 12. The maximum absolute atomic E-state index is 12.6. The molecule has 4 atom stereocenters. The van der Waals surface area contributed by atoms with Crippen molar-refractivity contribution >= 4 is 6.03 Å². The quantitative estimate of drug-likeness (QED) is 0.128. The fourth-order valence-electron chi connectivity index (χ4n) is 6.39. The Hall–Kier alpha value is -4.79. The molecule has 252 valence electrons. The summed E-state index contributed by atoms with van der Waals surface area (Å²) in [6.45, 7) is 4.65. The van der Waals surface area contributed by atoms with Crippen LogP contribution in [0.15, 0.2) is 133 Å². The molecule has 0 saturated carbocycles. The Morgan fingerprint density at radius 1 is 0.694 bits per heavy atom. The molecule has 1 fully saturated rings. The number of carbonyl (C=O) groups excluding carboxylic acids is 1. The van der Waals surface area contributed by atoms with Crippen LogP contribution in [0.3, 0.4) is 0 Å². The molecule has 1 saturated heterocycles. The molecule has 5 aromatic carbocycles. The van der Waals surface area contributed by atoms with Gasteiger partial charge in [-0.05, 0) is 46.0 Å². The van der Waals surface area contributed by atoms with E-state index in [1.807, 2.05) is 66.7 Å². The number of ether oxygens (including phenoxy) is 2. The van der Waals surface area contributed by atoms with E-state index >= 15 is 0 Å². The van der Waals surface area contributed by atoms with Crippen molar-refractivity contribution < 1.29 is 19.4 Å². The second kappa shape index (κ2) is 16.5. The maximum Gasteiger partial charge on any atom is 0.315 e. The third-order valence-electron chi connectivity index (χ3n) is 9.16. The summed E-state index contributed by atoms with van der Waals surface area (Å²) in [7, 11) is 2.13. The molecule has 0 aromatic heterocycles. The standard InChI is InChI=1S/C42H45N3O4/c1-30-39(28-45(2)27-32-13-7-4-8-14-32)48-41(49-40(30)35-19-17-33(29-46)18-20-35)36-23-21-34(22-24-36)38-16-10-9-15-37(38)26-44-42(47)43-25-31-11-5-3-6-12-31/h3-24,30,39-41,46H,25-29H2,1-2H3,(H2,43,44,47). The summed E-state index contributed by atoms with van der Waals surface area (Å²) in [4.78, 5) is 14.9. The van der Waals surface area contributed by atoms with Crippen LogP contribution in [0, 0.1) is 5.92 Å². The van der Waals surface area contributed by atoms with Crippen LogP contribution in [-0.2, 0) is 35.7 Å². The lowest BCUT2D eigenvalue weighted by Gasteiger charge is -2.42. The summed E-state index contributed by atoms with van der Waals surface area (Å²) in [6.07, 6.45) is -0.802. The van der Waals surface area contributed by atoms with Gasteiger partial charge in [0, 0.05) is 37.7 Å². The number of carbonyl (C=O) groups is 1. The molecule has 7 nitrogen and oxygen atoms in total. The van der Waals surface area contributed by atoms with Crippen LogP contribution in [-0.4, -0.2) is 35.7 Å². The van der Waals surface area contributed by atoms with Crippen LogP contribution in [0.4, 0.5) is 4.79 Å². The molecule has 4 unspecified atom stereocenters. The number of likely N-dealkylation sites (N-methyl/N-ethyl adjacent to an activating group) is 1. The molecular formula is C42H45N3O4. The van der Waals surface area contributed by atoms with E-state index in [0.29, 0.717) is 13.1 Å². The van der Waals surface area contributed by atoms with Gasteiger partial charge in [0.15, 0.2) is 6.29 Å². The average molecular weight is 656 g/mol. The maximum atomic E-state index is 12.6. The zero-order valence-electron chi connectivity index (χ0n) is 28.2. The van der Waals surface area contributed by atoms with E-state index in [-0.39, 0.29) is 30.8 Å².